The zero-order valence-corrected chi connectivity index (χ0v) is 11.0. The molecule has 3 nitrogen and oxygen atoms in total. The normalized spacial score (nSPS) is 10.2. The van der Waals surface area contributed by atoms with E-state index in [1.807, 2.05) is 12.1 Å². The highest BCUT2D eigenvalue weighted by Gasteiger charge is 2.03. The SMILES string of the molecule is Clc1nccc(Nc2cc(Br)ccc2Cl)n1. The van der Waals surface area contributed by atoms with Gasteiger partial charge in [0.05, 0.1) is 10.7 Å². The van der Waals surface area contributed by atoms with Gasteiger partial charge < -0.3 is 5.32 Å². The molecule has 1 aromatic heterocycles. The van der Waals surface area contributed by atoms with Crippen LogP contribution in [0.1, 0.15) is 0 Å². The highest BCUT2D eigenvalue weighted by molar-refractivity contribution is 9.10. The van der Waals surface area contributed by atoms with Gasteiger partial charge in [0.15, 0.2) is 0 Å². The van der Waals surface area contributed by atoms with Crippen molar-refractivity contribution >= 4 is 50.6 Å². The van der Waals surface area contributed by atoms with Gasteiger partial charge in [-0.25, -0.2) is 9.97 Å². The van der Waals surface area contributed by atoms with E-state index in [0.717, 1.165) is 10.2 Å². The Balaban J connectivity index is 2.30. The maximum absolute atomic E-state index is 6.03. The Morgan fingerprint density at radius 2 is 2.00 bits per heavy atom. The summed E-state index contributed by atoms with van der Waals surface area (Å²) in [5.74, 6) is 0.597. The highest BCUT2D eigenvalue weighted by atomic mass is 79.9. The van der Waals surface area contributed by atoms with Crippen LogP contribution < -0.4 is 5.32 Å². The molecular formula is C10H6BrCl2N3. The Kier molecular flexibility index (Phi) is 3.63. The van der Waals surface area contributed by atoms with Crippen LogP contribution in [0.2, 0.25) is 10.3 Å². The standard InChI is InChI=1S/C10H6BrCl2N3/c11-6-1-2-7(12)8(5-6)15-9-3-4-14-10(13)16-9/h1-5H,(H,14,15,16). The monoisotopic (exact) mass is 317 g/mol. The molecule has 0 radical (unpaired) electrons. The summed E-state index contributed by atoms with van der Waals surface area (Å²) >= 11 is 15.1. The molecule has 0 amide bonds. The number of hydrogen-bond acceptors (Lipinski definition) is 3. The first-order valence-corrected chi connectivity index (χ1v) is 5.90. The lowest BCUT2D eigenvalue weighted by Crippen LogP contribution is -1.95. The molecule has 16 heavy (non-hydrogen) atoms. The van der Waals surface area contributed by atoms with Crippen molar-refractivity contribution in [3.63, 3.8) is 0 Å². The van der Waals surface area contributed by atoms with Crippen LogP contribution in [0.4, 0.5) is 11.5 Å². The number of benzene rings is 1. The number of rotatable bonds is 2. The second-order valence-corrected chi connectivity index (χ2v) is 4.62. The molecule has 0 aliphatic heterocycles. The van der Waals surface area contributed by atoms with Crippen molar-refractivity contribution in [1.29, 1.82) is 0 Å². The first kappa shape index (κ1) is 11.6. The lowest BCUT2D eigenvalue weighted by molar-refractivity contribution is 1.17. The summed E-state index contributed by atoms with van der Waals surface area (Å²) in [6.45, 7) is 0. The van der Waals surface area contributed by atoms with E-state index in [-0.39, 0.29) is 5.28 Å². The van der Waals surface area contributed by atoms with E-state index >= 15 is 0 Å². The zero-order chi connectivity index (χ0) is 11.5. The van der Waals surface area contributed by atoms with Crippen LogP contribution in [0, 0.1) is 0 Å². The molecule has 0 saturated carbocycles. The van der Waals surface area contributed by atoms with Gasteiger partial charge in [0.1, 0.15) is 5.82 Å². The maximum Gasteiger partial charge on any atom is 0.224 e. The van der Waals surface area contributed by atoms with Crippen LogP contribution in [0.3, 0.4) is 0 Å². The summed E-state index contributed by atoms with van der Waals surface area (Å²) in [5, 5.41) is 3.86. The average Bonchev–Trinajstić information content (AvgIpc) is 2.24. The minimum atomic E-state index is 0.191. The lowest BCUT2D eigenvalue weighted by Gasteiger charge is -2.07. The van der Waals surface area contributed by atoms with Crippen LogP contribution in [0.15, 0.2) is 34.9 Å². The molecule has 0 saturated heterocycles. The van der Waals surface area contributed by atoms with Crippen molar-refractivity contribution in [3.05, 3.63) is 45.2 Å². The predicted molar refractivity (Wildman–Crippen MR) is 69.5 cm³/mol. The van der Waals surface area contributed by atoms with Crippen LogP contribution in [-0.2, 0) is 0 Å². The summed E-state index contributed by atoms with van der Waals surface area (Å²) in [6.07, 6.45) is 1.57. The molecule has 0 aliphatic rings. The third-order valence-electron chi connectivity index (χ3n) is 1.82. The van der Waals surface area contributed by atoms with E-state index in [1.165, 1.54) is 0 Å². The smallest absolute Gasteiger partial charge is 0.224 e. The van der Waals surface area contributed by atoms with E-state index in [2.05, 4.69) is 31.2 Å². The summed E-state index contributed by atoms with van der Waals surface area (Å²) in [4.78, 5) is 7.80. The van der Waals surface area contributed by atoms with Crippen molar-refractivity contribution in [2.24, 2.45) is 0 Å². The molecule has 0 bridgehead atoms. The Morgan fingerprint density at radius 1 is 1.19 bits per heavy atom. The number of anilines is 2. The van der Waals surface area contributed by atoms with E-state index in [9.17, 15) is 0 Å². The fourth-order valence-electron chi connectivity index (χ4n) is 1.14. The summed E-state index contributed by atoms with van der Waals surface area (Å²) < 4.78 is 0.930. The van der Waals surface area contributed by atoms with Crippen molar-refractivity contribution < 1.29 is 0 Å². The van der Waals surface area contributed by atoms with Gasteiger partial charge in [0.25, 0.3) is 0 Å². The molecule has 1 aromatic carbocycles. The fourth-order valence-corrected chi connectivity index (χ4v) is 1.81. The Hall–Kier alpha value is -0.840. The molecule has 1 N–H and O–H groups in total. The van der Waals surface area contributed by atoms with Gasteiger partial charge in [0.2, 0.25) is 5.28 Å². The second kappa shape index (κ2) is 4.99. The molecule has 82 valence electrons. The van der Waals surface area contributed by atoms with Crippen molar-refractivity contribution in [1.82, 2.24) is 9.97 Å². The number of nitrogens with one attached hydrogen (secondary N) is 1. The Morgan fingerprint density at radius 3 is 2.75 bits per heavy atom. The molecule has 0 aliphatic carbocycles. The summed E-state index contributed by atoms with van der Waals surface area (Å²) in [5.41, 5.74) is 0.755. The molecular weight excluding hydrogens is 313 g/mol. The van der Waals surface area contributed by atoms with E-state index in [0.29, 0.717) is 10.8 Å². The van der Waals surface area contributed by atoms with E-state index < -0.39 is 0 Å². The zero-order valence-electron chi connectivity index (χ0n) is 7.92. The number of halogens is 3. The first-order chi connectivity index (χ1) is 7.65. The molecule has 0 atom stereocenters. The average molecular weight is 319 g/mol. The molecule has 2 rings (SSSR count). The predicted octanol–water partition coefficient (Wildman–Crippen LogP) is 4.29. The quantitative estimate of drug-likeness (QED) is 0.839. The molecule has 2 aromatic rings. The number of nitrogens with zero attached hydrogens (tertiary/aromatic N) is 2. The van der Waals surface area contributed by atoms with Gasteiger partial charge in [-0.2, -0.15) is 0 Å². The van der Waals surface area contributed by atoms with Gasteiger partial charge >= 0.3 is 0 Å². The van der Waals surface area contributed by atoms with Gasteiger partial charge in [0, 0.05) is 10.7 Å². The van der Waals surface area contributed by atoms with Crippen molar-refractivity contribution in [2.75, 3.05) is 5.32 Å². The van der Waals surface area contributed by atoms with Crippen LogP contribution >= 0.6 is 39.1 Å². The largest absolute Gasteiger partial charge is 0.339 e. The highest BCUT2D eigenvalue weighted by Crippen LogP contribution is 2.28. The lowest BCUT2D eigenvalue weighted by atomic mass is 10.3. The van der Waals surface area contributed by atoms with Gasteiger partial charge in [-0.05, 0) is 35.9 Å². The minimum Gasteiger partial charge on any atom is -0.339 e. The molecule has 0 spiro atoms. The molecule has 0 unspecified atom stereocenters. The topological polar surface area (TPSA) is 37.8 Å². The summed E-state index contributed by atoms with van der Waals surface area (Å²) in [7, 11) is 0. The second-order valence-electron chi connectivity index (χ2n) is 2.96. The Bertz CT molecular complexity index is 519. The van der Waals surface area contributed by atoms with E-state index in [4.69, 9.17) is 23.2 Å². The number of hydrogen-bond donors (Lipinski definition) is 1. The van der Waals surface area contributed by atoms with Crippen LogP contribution in [0.25, 0.3) is 0 Å². The maximum atomic E-state index is 6.03. The van der Waals surface area contributed by atoms with Gasteiger partial charge in [-0.3, -0.25) is 0 Å². The first-order valence-electron chi connectivity index (χ1n) is 4.36. The molecule has 6 heteroatoms. The molecule has 0 fully saturated rings. The number of aromatic nitrogens is 2. The third-order valence-corrected chi connectivity index (χ3v) is 2.82. The van der Waals surface area contributed by atoms with Gasteiger partial charge in [-0.1, -0.05) is 27.5 Å². The van der Waals surface area contributed by atoms with Crippen LogP contribution in [-0.4, -0.2) is 9.97 Å². The Labute approximate surface area is 111 Å². The minimum absolute atomic E-state index is 0.191. The third kappa shape index (κ3) is 2.84. The van der Waals surface area contributed by atoms with Gasteiger partial charge in [-0.15, -0.1) is 0 Å². The molecule has 1 heterocycles. The van der Waals surface area contributed by atoms with Crippen LogP contribution in [0.5, 0.6) is 0 Å². The summed E-state index contributed by atoms with van der Waals surface area (Å²) in [6, 6.07) is 7.22. The van der Waals surface area contributed by atoms with Crippen molar-refractivity contribution in [3.8, 4) is 0 Å². The fraction of sp³-hybridized carbons (Fsp3) is 0. The van der Waals surface area contributed by atoms with Crippen molar-refractivity contribution in [2.45, 2.75) is 0 Å². The van der Waals surface area contributed by atoms with E-state index in [1.54, 1.807) is 18.3 Å².